The van der Waals surface area contributed by atoms with Gasteiger partial charge in [0.05, 0.1) is 24.3 Å². The number of aromatic nitrogens is 2. The predicted octanol–water partition coefficient (Wildman–Crippen LogP) is 5.63. The van der Waals surface area contributed by atoms with Gasteiger partial charge >= 0.3 is 0 Å². The minimum atomic E-state index is -0.499. The molecular formula is C24H28ClFN4O3. The number of nitrogens with zero attached hydrogens (tertiary/aromatic N) is 2. The molecule has 0 aliphatic carbocycles. The zero-order valence-electron chi connectivity index (χ0n) is 19.0. The Morgan fingerprint density at radius 2 is 1.94 bits per heavy atom. The Kier molecular flexibility index (Phi) is 7.92. The summed E-state index contributed by atoms with van der Waals surface area (Å²) in [5.41, 5.74) is 6.19. The zero-order valence-corrected chi connectivity index (χ0v) is 19.7. The molecule has 0 atom stereocenters. The third kappa shape index (κ3) is 6.22. The highest BCUT2D eigenvalue weighted by Crippen LogP contribution is 2.35. The number of hydrogen-bond donors (Lipinski definition) is 2. The molecule has 0 aliphatic rings. The van der Waals surface area contributed by atoms with Gasteiger partial charge in [-0.1, -0.05) is 38.3 Å². The third-order valence-electron chi connectivity index (χ3n) is 5.47. The van der Waals surface area contributed by atoms with E-state index in [1.165, 1.54) is 18.5 Å². The molecule has 2 aromatic carbocycles. The molecule has 176 valence electrons. The van der Waals surface area contributed by atoms with Crippen LogP contribution in [0.3, 0.4) is 0 Å². The SMILES string of the molecule is COc1cc2ncnc(Nc3ccc(F)c(Cl)c3)c2cc1OCCCCCC(C)(C)C(N)=O. The Labute approximate surface area is 197 Å². The fraction of sp³-hybridized carbons (Fsp3) is 0.375. The molecular weight excluding hydrogens is 447 g/mol. The first-order valence-corrected chi connectivity index (χ1v) is 11.1. The summed E-state index contributed by atoms with van der Waals surface area (Å²) < 4.78 is 24.9. The van der Waals surface area contributed by atoms with E-state index in [4.69, 9.17) is 26.8 Å². The van der Waals surface area contributed by atoms with E-state index in [-0.39, 0.29) is 10.9 Å². The number of fused-ring (bicyclic) bond motifs is 1. The van der Waals surface area contributed by atoms with Gasteiger partial charge in [0.2, 0.25) is 5.91 Å². The molecule has 1 amide bonds. The van der Waals surface area contributed by atoms with Crippen LogP contribution < -0.4 is 20.5 Å². The van der Waals surface area contributed by atoms with Crippen LogP contribution in [-0.4, -0.2) is 29.6 Å². The fourth-order valence-corrected chi connectivity index (χ4v) is 3.48. The quantitative estimate of drug-likeness (QED) is 0.349. The van der Waals surface area contributed by atoms with E-state index >= 15 is 0 Å². The van der Waals surface area contributed by atoms with Gasteiger partial charge in [0, 0.05) is 22.6 Å². The summed E-state index contributed by atoms with van der Waals surface area (Å²) in [4.78, 5) is 20.1. The first-order valence-electron chi connectivity index (χ1n) is 10.7. The number of anilines is 2. The van der Waals surface area contributed by atoms with Gasteiger partial charge in [-0.2, -0.15) is 0 Å². The van der Waals surface area contributed by atoms with Gasteiger partial charge in [-0.25, -0.2) is 14.4 Å². The molecule has 0 spiro atoms. The van der Waals surface area contributed by atoms with Gasteiger partial charge in [-0.15, -0.1) is 0 Å². The van der Waals surface area contributed by atoms with Crippen LogP contribution in [0.5, 0.6) is 11.5 Å². The molecule has 0 radical (unpaired) electrons. The normalized spacial score (nSPS) is 11.4. The molecule has 33 heavy (non-hydrogen) atoms. The van der Waals surface area contributed by atoms with Crippen LogP contribution in [0.2, 0.25) is 5.02 Å². The van der Waals surface area contributed by atoms with Crippen molar-refractivity contribution < 1.29 is 18.7 Å². The van der Waals surface area contributed by atoms with Crippen molar-refractivity contribution in [1.82, 2.24) is 9.97 Å². The lowest BCUT2D eigenvalue weighted by Crippen LogP contribution is -2.31. The lowest BCUT2D eigenvalue weighted by atomic mass is 9.86. The summed E-state index contributed by atoms with van der Waals surface area (Å²) in [6.45, 7) is 4.21. The highest BCUT2D eigenvalue weighted by atomic mass is 35.5. The van der Waals surface area contributed by atoms with E-state index in [1.807, 2.05) is 19.9 Å². The van der Waals surface area contributed by atoms with Crippen LogP contribution in [0.15, 0.2) is 36.7 Å². The number of ether oxygens (including phenoxy) is 2. The maximum absolute atomic E-state index is 13.5. The van der Waals surface area contributed by atoms with Crippen molar-refractivity contribution in [2.24, 2.45) is 11.1 Å². The molecule has 0 bridgehead atoms. The number of nitrogens with two attached hydrogens (primary N) is 1. The van der Waals surface area contributed by atoms with Crippen LogP contribution in [0.25, 0.3) is 10.9 Å². The van der Waals surface area contributed by atoms with E-state index in [2.05, 4.69) is 15.3 Å². The maximum Gasteiger partial charge on any atom is 0.223 e. The molecule has 0 saturated heterocycles. The summed E-state index contributed by atoms with van der Waals surface area (Å²) in [6.07, 6.45) is 4.79. The number of nitrogens with one attached hydrogen (secondary N) is 1. The lowest BCUT2D eigenvalue weighted by Gasteiger charge is -2.19. The topological polar surface area (TPSA) is 99.4 Å². The minimum Gasteiger partial charge on any atom is -0.493 e. The second-order valence-corrected chi connectivity index (χ2v) is 8.81. The van der Waals surface area contributed by atoms with Gasteiger partial charge < -0.3 is 20.5 Å². The summed E-state index contributed by atoms with van der Waals surface area (Å²) in [6, 6.07) is 7.96. The van der Waals surface area contributed by atoms with Gasteiger partial charge in [-0.3, -0.25) is 4.79 Å². The predicted molar refractivity (Wildman–Crippen MR) is 128 cm³/mol. The molecule has 9 heteroatoms. The molecule has 1 heterocycles. The van der Waals surface area contributed by atoms with Crippen molar-refractivity contribution in [2.45, 2.75) is 39.5 Å². The average molecular weight is 475 g/mol. The molecule has 3 N–H and O–H groups in total. The number of carbonyl (C=O) groups excluding carboxylic acids is 1. The Balaban J connectivity index is 1.70. The number of rotatable bonds is 11. The van der Waals surface area contributed by atoms with Gasteiger partial charge in [0.25, 0.3) is 0 Å². The van der Waals surface area contributed by atoms with Crippen LogP contribution in [0.1, 0.15) is 39.5 Å². The molecule has 3 rings (SSSR count). The van der Waals surface area contributed by atoms with Crippen LogP contribution in [0, 0.1) is 11.2 Å². The smallest absolute Gasteiger partial charge is 0.223 e. The number of amides is 1. The van der Waals surface area contributed by atoms with Crippen molar-refractivity contribution >= 4 is 39.9 Å². The first kappa shape index (κ1) is 24.5. The number of carbonyl (C=O) groups is 1. The number of primary amides is 1. The van der Waals surface area contributed by atoms with Crippen molar-refractivity contribution in [1.29, 1.82) is 0 Å². The molecule has 0 saturated carbocycles. The number of halogens is 2. The summed E-state index contributed by atoms with van der Waals surface area (Å²) in [5.74, 6) is 0.885. The second-order valence-electron chi connectivity index (χ2n) is 8.40. The van der Waals surface area contributed by atoms with Gasteiger partial charge in [0.15, 0.2) is 11.5 Å². The molecule has 0 unspecified atom stereocenters. The summed E-state index contributed by atoms with van der Waals surface area (Å²) >= 11 is 5.89. The van der Waals surface area contributed by atoms with Crippen molar-refractivity contribution in [3.63, 3.8) is 0 Å². The lowest BCUT2D eigenvalue weighted by molar-refractivity contribution is -0.126. The Bertz CT molecular complexity index is 1140. The Morgan fingerprint density at radius 1 is 1.15 bits per heavy atom. The molecule has 0 fully saturated rings. The average Bonchev–Trinajstić information content (AvgIpc) is 2.78. The van der Waals surface area contributed by atoms with E-state index in [0.29, 0.717) is 35.1 Å². The second kappa shape index (κ2) is 10.7. The van der Waals surface area contributed by atoms with Gasteiger partial charge in [0.1, 0.15) is 18.0 Å². The van der Waals surface area contributed by atoms with E-state index < -0.39 is 11.2 Å². The zero-order chi connectivity index (χ0) is 24.0. The van der Waals surface area contributed by atoms with E-state index in [0.717, 1.165) is 31.1 Å². The van der Waals surface area contributed by atoms with Crippen LogP contribution in [0.4, 0.5) is 15.9 Å². The highest BCUT2D eigenvalue weighted by Gasteiger charge is 2.23. The molecule has 7 nitrogen and oxygen atoms in total. The minimum absolute atomic E-state index is 0.0169. The van der Waals surface area contributed by atoms with Crippen molar-refractivity contribution in [2.75, 3.05) is 19.0 Å². The number of methoxy groups -OCH3 is 1. The van der Waals surface area contributed by atoms with Crippen LogP contribution >= 0.6 is 11.6 Å². The monoisotopic (exact) mass is 474 g/mol. The number of hydrogen-bond acceptors (Lipinski definition) is 6. The van der Waals surface area contributed by atoms with Crippen molar-refractivity contribution in [3.05, 3.63) is 47.5 Å². The number of unbranched alkanes of at least 4 members (excludes halogenated alkanes) is 2. The Morgan fingerprint density at radius 3 is 2.64 bits per heavy atom. The van der Waals surface area contributed by atoms with E-state index in [9.17, 15) is 9.18 Å². The molecule has 0 aliphatic heterocycles. The molecule has 1 aromatic heterocycles. The van der Waals surface area contributed by atoms with E-state index in [1.54, 1.807) is 19.2 Å². The Hall–Kier alpha value is -3.13. The summed E-state index contributed by atoms with van der Waals surface area (Å²) in [7, 11) is 1.57. The maximum atomic E-state index is 13.5. The highest BCUT2D eigenvalue weighted by molar-refractivity contribution is 6.31. The third-order valence-corrected chi connectivity index (χ3v) is 5.76. The standard InChI is InChI=1S/C24H28ClFN4O3/c1-24(2,23(27)31)9-5-4-6-10-33-21-12-16-19(13-20(21)32-3)28-14-29-22(16)30-15-7-8-18(26)17(25)11-15/h7-8,11-14H,4-6,9-10H2,1-3H3,(H2,27,31)(H,28,29,30). The van der Waals surface area contributed by atoms with Gasteiger partial charge in [-0.05, 0) is 37.1 Å². The van der Waals surface area contributed by atoms with Crippen molar-refractivity contribution in [3.8, 4) is 11.5 Å². The van der Waals surface area contributed by atoms with Crippen LogP contribution in [-0.2, 0) is 4.79 Å². The number of benzene rings is 2. The first-order chi connectivity index (χ1) is 15.7. The fourth-order valence-electron chi connectivity index (χ4n) is 3.30. The largest absolute Gasteiger partial charge is 0.493 e. The molecule has 3 aromatic rings. The summed E-state index contributed by atoms with van der Waals surface area (Å²) in [5, 5.41) is 3.89.